The molecule has 5 heteroatoms. The molecule has 0 bridgehead atoms. The Morgan fingerprint density at radius 1 is 1.23 bits per heavy atom. The van der Waals surface area contributed by atoms with Gasteiger partial charge in [-0.3, -0.25) is 9.78 Å². The average Bonchev–Trinajstić information content (AvgIpc) is 2.72. The molecule has 1 atom stereocenters. The average molecular weight is 352 g/mol. The van der Waals surface area contributed by atoms with Gasteiger partial charge in [-0.25, -0.2) is 0 Å². The van der Waals surface area contributed by atoms with Crippen molar-refractivity contribution in [3.63, 3.8) is 0 Å². The van der Waals surface area contributed by atoms with Gasteiger partial charge in [-0.05, 0) is 43.5 Å². The van der Waals surface area contributed by atoms with Gasteiger partial charge in [-0.15, -0.1) is 0 Å². The van der Waals surface area contributed by atoms with E-state index in [0.29, 0.717) is 0 Å². The molecule has 0 radical (unpaired) electrons. The normalized spacial score (nSPS) is 17.0. The zero-order valence-electron chi connectivity index (χ0n) is 15.5. The number of amides is 1. The van der Waals surface area contributed by atoms with Gasteiger partial charge in [0, 0.05) is 57.0 Å². The van der Waals surface area contributed by atoms with E-state index in [-0.39, 0.29) is 11.8 Å². The number of para-hydroxylation sites is 1. The highest BCUT2D eigenvalue weighted by Crippen LogP contribution is 2.22. The first-order chi connectivity index (χ1) is 12.7. The molecule has 1 saturated heterocycles. The maximum absolute atomic E-state index is 12.5. The predicted octanol–water partition coefficient (Wildman–Crippen LogP) is 2.94. The van der Waals surface area contributed by atoms with Crippen LogP contribution in [-0.4, -0.2) is 44.1 Å². The van der Waals surface area contributed by atoms with Crippen molar-refractivity contribution < 1.29 is 4.79 Å². The van der Waals surface area contributed by atoms with E-state index in [2.05, 4.69) is 39.3 Å². The Morgan fingerprint density at radius 2 is 2.00 bits per heavy atom. The number of nitrogens with one attached hydrogen (secondary N) is 1. The summed E-state index contributed by atoms with van der Waals surface area (Å²) < 4.78 is 0. The molecule has 1 aliphatic heterocycles. The minimum absolute atomic E-state index is 0.0729. The van der Waals surface area contributed by atoms with Gasteiger partial charge in [-0.2, -0.15) is 0 Å². The monoisotopic (exact) mass is 352 g/mol. The minimum atomic E-state index is 0.0729. The fourth-order valence-electron chi connectivity index (χ4n) is 3.46. The minimum Gasteiger partial charge on any atom is -0.375 e. The van der Waals surface area contributed by atoms with Gasteiger partial charge in [0.05, 0.1) is 5.92 Å². The Morgan fingerprint density at radius 3 is 2.77 bits per heavy atom. The molecule has 1 amide bonds. The zero-order chi connectivity index (χ0) is 18.2. The summed E-state index contributed by atoms with van der Waals surface area (Å²) in [6.07, 6.45) is 6.58. The summed E-state index contributed by atoms with van der Waals surface area (Å²) in [5.41, 5.74) is 2.36. The third-order valence-electron chi connectivity index (χ3n) is 4.99. The fraction of sp³-hybridized carbons (Fsp3) is 0.429. The third kappa shape index (κ3) is 4.97. The number of piperidine rings is 1. The first-order valence-corrected chi connectivity index (χ1v) is 9.43. The number of pyridine rings is 1. The molecule has 0 aliphatic carbocycles. The van der Waals surface area contributed by atoms with Crippen LogP contribution in [0.3, 0.4) is 0 Å². The van der Waals surface area contributed by atoms with E-state index in [4.69, 9.17) is 0 Å². The summed E-state index contributed by atoms with van der Waals surface area (Å²) in [6.45, 7) is 3.45. The molecule has 0 saturated carbocycles. The van der Waals surface area contributed by atoms with Gasteiger partial charge in [-0.1, -0.05) is 18.2 Å². The van der Waals surface area contributed by atoms with Crippen molar-refractivity contribution in [3.8, 4) is 0 Å². The number of hydrogen-bond acceptors (Lipinski definition) is 4. The Balaban J connectivity index is 1.40. The number of benzene rings is 1. The second-order valence-corrected chi connectivity index (χ2v) is 6.89. The van der Waals surface area contributed by atoms with Crippen molar-refractivity contribution in [1.82, 2.24) is 10.3 Å². The van der Waals surface area contributed by atoms with E-state index in [1.165, 1.54) is 5.69 Å². The lowest BCUT2D eigenvalue weighted by molar-refractivity contribution is -0.125. The van der Waals surface area contributed by atoms with E-state index >= 15 is 0 Å². The molecule has 1 aromatic carbocycles. The number of nitrogens with zero attached hydrogens (tertiary/aromatic N) is 3. The smallest absolute Gasteiger partial charge is 0.224 e. The van der Waals surface area contributed by atoms with Gasteiger partial charge in [0.25, 0.3) is 0 Å². The van der Waals surface area contributed by atoms with E-state index in [0.717, 1.165) is 51.1 Å². The van der Waals surface area contributed by atoms with Crippen LogP contribution in [0.4, 0.5) is 11.4 Å². The van der Waals surface area contributed by atoms with Crippen LogP contribution in [0.25, 0.3) is 0 Å². The molecule has 26 heavy (non-hydrogen) atoms. The van der Waals surface area contributed by atoms with Gasteiger partial charge >= 0.3 is 0 Å². The molecular weight excluding hydrogens is 324 g/mol. The van der Waals surface area contributed by atoms with Crippen LogP contribution in [0.15, 0.2) is 54.9 Å². The Hall–Kier alpha value is -2.56. The van der Waals surface area contributed by atoms with Crippen LogP contribution >= 0.6 is 0 Å². The molecule has 1 aliphatic rings. The molecule has 1 unspecified atom stereocenters. The van der Waals surface area contributed by atoms with Gasteiger partial charge in [0.15, 0.2) is 0 Å². The van der Waals surface area contributed by atoms with E-state index in [9.17, 15) is 4.79 Å². The molecule has 138 valence electrons. The van der Waals surface area contributed by atoms with Crippen molar-refractivity contribution in [2.75, 3.05) is 43.0 Å². The number of carbonyl (C=O) groups is 1. The summed E-state index contributed by atoms with van der Waals surface area (Å²) >= 11 is 0. The number of hydrogen-bond donors (Lipinski definition) is 1. The number of anilines is 2. The van der Waals surface area contributed by atoms with Crippen LogP contribution in [-0.2, 0) is 4.79 Å². The summed E-state index contributed by atoms with van der Waals surface area (Å²) in [5, 5.41) is 3.13. The predicted molar refractivity (Wildman–Crippen MR) is 107 cm³/mol. The van der Waals surface area contributed by atoms with Crippen LogP contribution < -0.4 is 15.1 Å². The molecule has 5 nitrogen and oxygen atoms in total. The SMILES string of the molecule is CN(CCCNC(=O)C1CCCN(c2ccncc2)C1)c1ccccc1. The summed E-state index contributed by atoms with van der Waals surface area (Å²) in [7, 11) is 2.09. The number of carbonyl (C=O) groups excluding carboxylic acids is 1. The first-order valence-electron chi connectivity index (χ1n) is 9.43. The lowest BCUT2D eigenvalue weighted by Gasteiger charge is -2.33. The lowest BCUT2D eigenvalue weighted by atomic mass is 9.96. The second-order valence-electron chi connectivity index (χ2n) is 6.89. The second kappa shape index (κ2) is 9.22. The summed E-state index contributed by atoms with van der Waals surface area (Å²) in [6, 6.07) is 14.4. The fourth-order valence-corrected chi connectivity index (χ4v) is 3.46. The molecule has 0 spiro atoms. The Bertz CT molecular complexity index is 677. The van der Waals surface area contributed by atoms with E-state index in [1.807, 2.05) is 42.7 Å². The maximum atomic E-state index is 12.5. The van der Waals surface area contributed by atoms with Crippen molar-refractivity contribution in [2.24, 2.45) is 5.92 Å². The Labute approximate surface area is 156 Å². The maximum Gasteiger partial charge on any atom is 0.224 e. The van der Waals surface area contributed by atoms with Crippen LogP contribution in [0.5, 0.6) is 0 Å². The summed E-state index contributed by atoms with van der Waals surface area (Å²) in [4.78, 5) is 21.1. The quantitative estimate of drug-likeness (QED) is 0.779. The first kappa shape index (κ1) is 18.2. The van der Waals surface area contributed by atoms with Crippen LogP contribution in [0, 0.1) is 5.92 Å². The van der Waals surface area contributed by atoms with Crippen molar-refractivity contribution >= 4 is 17.3 Å². The molecular formula is C21H28N4O. The van der Waals surface area contributed by atoms with Crippen LogP contribution in [0.2, 0.25) is 0 Å². The molecule has 2 heterocycles. The van der Waals surface area contributed by atoms with E-state index < -0.39 is 0 Å². The highest BCUT2D eigenvalue weighted by atomic mass is 16.1. The van der Waals surface area contributed by atoms with E-state index in [1.54, 1.807) is 0 Å². The molecule has 1 N–H and O–H groups in total. The largest absolute Gasteiger partial charge is 0.375 e. The Kier molecular flexibility index (Phi) is 6.47. The lowest BCUT2D eigenvalue weighted by Crippen LogP contribution is -2.43. The molecule has 2 aromatic rings. The van der Waals surface area contributed by atoms with Crippen molar-refractivity contribution in [3.05, 3.63) is 54.9 Å². The topological polar surface area (TPSA) is 48.5 Å². The molecule has 3 rings (SSSR count). The van der Waals surface area contributed by atoms with Crippen molar-refractivity contribution in [1.29, 1.82) is 0 Å². The zero-order valence-corrected chi connectivity index (χ0v) is 15.5. The van der Waals surface area contributed by atoms with Gasteiger partial charge < -0.3 is 15.1 Å². The third-order valence-corrected chi connectivity index (χ3v) is 4.99. The van der Waals surface area contributed by atoms with Gasteiger partial charge in [0.1, 0.15) is 0 Å². The van der Waals surface area contributed by atoms with Crippen LogP contribution in [0.1, 0.15) is 19.3 Å². The number of rotatable bonds is 7. The van der Waals surface area contributed by atoms with Gasteiger partial charge in [0.2, 0.25) is 5.91 Å². The van der Waals surface area contributed by atoms with Crippen molar-refractivity contribution in [2.45, 2.75) is 19.3 Å². The molecule has 1 fully saturated rings. The summed E-state index contributed by atoms with van der Waals surface area (Å²) in [5.74, 6) is 0.259. The number of aromatic nitrogens is 1. The molecule has 1 aromatic heterocycles. The highest BCUT2D eigenvalue weighted by molar-refractivity contribution is 5.79. The highest BCUT2D eigenvalue weighted by Gasteiger charge is 2.25. The standard InChI is InChI=1S/C21H28N4O/c1-24(19-8-3-2-4-9-19)15-6-12-23-21(26)18-7-5-16-25(17-18)20-10-13-22-14-11-20/h2-4,8-11,13-14,18H,5-7,12,15-17H2,1H3,(H,23,26).